The number of benzene rings is 2. The maximum absolute atomic E-state index is 13.2. The SMILES string of the molecule is C[C@@H]1Cc2ccccc2N1C(=O)c1ccc(=O)n(CCC(=O)Nc2cccc(F)c2)n1. The van der Waals surface area contributed by atoms with Crippen LogP contribution in [0.4, 0.5) is 15.8 Å². The van der Waals surface area contributed by atoms with Crippen molar-refractivity contribution in [2.24, 2.45) is 0 Å². The van der Waals surface area contributed by atoms with Gasteiger partial charge in [-0.1, -0.05) is 24.3 Å². The van der Waals surface area contributed by atoms with Gasteiger partial charge in [0.1, 0.15) is 11.5 Å². The van der Waals surface area contributed by atoms with Crippen LogP contribution in [0, 0.1) is 5.82 Å². The van der Waals surface area contributed by atoms with Gasteiger partial charge in [0.2, 0.25) is 5.91 Å². The van der Waals surface area contributed by atoms with Crippen molar-refractivity contribution >= 4 is 23.2 Å². The number of para-hydroxylation sites is 1. The molecule has 1 N–H and O–H groups in total. The van der Waals surface area contributed by atoms with E-state index in [1.54, 1.807) is 11.0 Å². The Kier molecular flexibility index (Phi) is 5.62. The Bertz CT molecular complexity index is 1210. The Morgan fingerprint density at radius 2 is 1.94 bits per heavy atom. The van der Waals surface area contributed by atoms with Gasteiger partial charge >= 0.3 is 0 Å². The van der Waals surface area contributed by atoms with Crippen molar-refractivity contribution < 1.29 is 14.0 Å². The summed E-state index contributed by atoms with van der Waals surface area (Å²) in [6.07, 6.45) is 0.700. The van der Waals surface area contributed by atoms with Crippen LogP contribution in [0.1, 0.15) is 29.4 Å². The molecule has 158 valence electrons. The largest absolute Gasteiger partial charge is 0.326 e. The molecule has 1 aromatic heterocycles. The molecule has 1 aliphatic rings. The van der Waals surface area contributed by atoms with E-state index in [4.69, 9.17) is 0 Å². The van der Waals surface area contributed by atoms with Crippen LogP contribution in [-0.2, 0) is 17.8 Å². The zero-order chi connectivity index (χ0) is 22.0. The Morgan fingerprint density at radius 3 is 2.74 bits per heavy atom. The van der Waals surface area contributed by atoms with Gasteiger partial charge in [-0.05, 0) is 49.2 Å². The molecule has 0 radical (unpaired) electrons. The van der Waals surface area contributed by atoms with Gasteiger partial charge in [0.15, 0.2) is 0 Å². The fraction of sp³-hybridized carbons (Fsp3) is 0.217. The molecule has 2 aromatic carbocycles. The van der Waals surface area contributed by atoms with Crippen LogP contribution in [0.3, 0.4) is 0 Å². The first-order valence-corrected chi connectivity index (χ1v) is 9.97. The van der Waals surface area contributed by atoms with Crippen LogP contribution >= 0.6 is 0 Å². The standard InChI is InChI=1S/C23H21FN4O3/c1-15-13-16-5-2-3-8-20(16)28(15)23(31)19-9-10-22(30)27(26-19)12-11-21(29)25-18-7-4-6-17(24)14-18/h2-10,14-15H,11-13H2,1H3,(H,25,29)/t15-/m1/s1. The zero-order valence-electron chi connectivity index (χ0n) is 16.9. The molecule has 2 amide bonds. The third-order valence-corrected chi connectivity index (χ3v) is 5.17. The molecule has 0 unspecified atom stereocenters. The summed E-state index contributed by atoms with van der Waals surface area (Å²) in [5, 5.41) is 6.76. The van der Waals surface area contributed by atoms with Gasteiger partial charge in [-0.25, -0.2) is 9.07 Å². The summed E-state index contributed by atoms with van der Waals surface area (Å²) in [6, 6.07) is 15.9. The number of halogens is 1. The molecule has 4 rings (SSSR count). The van der Waals surface area contributed by atoms with Crippen LogP contribution in [0.15, 0.2) is 65.5 Å². The molecule has 0 aliphatic carbocycles. The summed E-state index contributed by atoms with van der Waals surface area (Å²) < 4.78 is 14.3. The number of anilines is 2. The zero-order valence-corrected chi connectivity index (χ0v) is 16.9. The fourth-order valence-corrected chi connectivity index (χ4v) is 3.72. The number of amides is 2. The number of nitrogens with one attached hydrogen (secondary N) is 1. The molecular weight excluding hydrogens is 399 g/mol. The monoisotopic (exact) mass is 420 g/mol. The summed E-state index contributed by atoms with van der Waals surface area (Å²) >= 11 is 0. The number of aromatic nitrogens is 2. The number of rotatable bonds is 5. The van der Waals surface area contributed by atoms with Gasteiger partial charge in [0.25, 0.3) is 11.5 Å². The van der Waals surface area contributed by atoms with Crippen molar-refractivity contribution in [3.8, 4) is 0 Å². The lowest BCUT2D eigenvalue weighted by atomic mass is 10.1. The normalized spacial score (nSPS) is 14.9. The first-order valence-electron chi connectivity index (χ1n) is 9.97. The van der Waals surface area contributed by atoms with Crippen LogP contribution < -0.4 is 15.8 Å². The molecule has 8 heteroatoms. The van der Waals surface area contributed by atoms with Gasteiger partial charge in [0, 0.05) is 29.9 Å². The maximum Gasteiger partial charge on any atom is 0.278 e. The fourth-order valence-electron chi connectivity index (χ4n) is 3.72. The minimum atomic E-state index is -0.459. The van der Waals surface area contributed by atoms with Gasteiger partial charge in [-0.15, -0.1) is 0 Å². The van der Waals surface area contributed by atoms with E-state index in [2.05, 4.69) is 10.4 Å². The van der Waals surface area contributed by atoms with Crippen LogP contribution in [0.5, 0.6) is 0 Å². The second-order valence-electron chi connectivity index (χ2n) is 7.45. The number of fused-ring (bicyclic) bond motifs is 1. The molecule has 0 saturated carbocycles. The lowest BCUT2D eigenvalue weighted by Gasteiger charge is -2.22. The van der Waals surface area contributed by atoms with Crippen molar-refractivity contribution in [3.05, 3.63) is 88.1 Å². The van der Waals surface area contributed by atoms with Crippen molar-refractivity contribution in [1.82, 2.24) is 9.78 Å². The average molecular weight is 420 g/mol. The Balaban J connectivity index is 1.48. The van der Waals surface area contributed by atoms with Gasteiger partial charge in [-0.2, -0.15) is 5.10 Å². The summed E-state index contributed by atoms with van der Waals surface area (Å²) in [5.74, 6) is -1.15. The molecule has 0 bridgehead atoms. The smallest absolute Gasteiger partial charge is 0.278 e. The molecule has 0 spiro atoms. The molecule has 1 aliphatic heterocycles. The highest BCUT2D eigenvalue weighted by Crippen LogP contribution is 2.32. The second-order valence-corrected chi connectivity index (χ2v) is 7.45. The molecule has 2 heterocycles. The highest BCUT2D eigenvalue weighted by molar-refractivity contribution is 6.06. The Morgan fingerprint density at radius 1 is 1.13 bits per heavy atom. The van der Waals surface area contributed by atoms with E-state index in [0.717, 1.165) is 22.4 Å². The van der Waals surface area contributed by atoms with E-state index < -0.39 is 17.3 Å². The van der Waals surface area contributed by atoms with Crippen molar-refractivity contribution in [3.63, 3.8) is 0 Å². The summed E-state index contributed by atoms with van der Waals surface area (Å²) in [5.41, 5.74) is 1.98. The van der Waals surface area contributed by atoms with Crippen LogP contribution in [0.25, 0.3) is 0 Å². The predicted molar refractivity (Wildman–Crippen MR) is 115 cm³/mol. The predicted octanol–water partition coefficient (Wildman–Crippen LogP) is 3.00. The Hall–Kier alpha value is -3.81. The number of carbonyl (C=O) groups excluding carboxylic acids is 2. The number of hydrogen-bond donors (Lipinski definition) is 1. The molecule has 31 heavy (non-hydrogen) atoms. The molecule has 3 aromatic rings. The van der Waals surface area contributed by atoms with E-state index in [1.807, 2.05) is 31.2 Å². The summed E-state index contributed by atoms with van der Waals surface area (Å²) in [4.78, 5) is 39.2. The second kappa shape index (κ2) is 8.51. The molecular formula is C23H21FN4O3. The first kappa shape index (κ1) is 20.5. The number of nitrogens with zero attached hydrogens (tertiary/aromatic N) is 3. The van der Waals surface area contributed by atoms with E-state index in [9.17, 15) is 18.8 Å². The topological polar surface area (TPSA) is 84.3 Å². The quantitative estimate of drug-likeness (QED) is 0.688. The van der Waals surface area contributed by atoms with Crippen molar-refractivity contribution in [1.29, 1.82) is 0 Å². The Labute approximate surface area is 178 Å². The van der Waals surface area contributed by atoms with E-state index in [-0.39, 0.29) is 30.6 Å². The lowest BCUT2D eigenvalue weighted by molar-refractivity contribution is -0.116. The minimum Gasteiger partial charge on any atom is -0.326 e. The third-order valence-electron chi connectivity index (χ3n) is 5.17. The summed E-state index contributed by atoms with van der Waals surface area (Å²) in [6.45, 7) is 1.96. The molecule has 0 fully saturated rings. The first-order chi connectivity index (χ1) is 14.9. The molecule has 0 saturated heterocycles. The summed E-state index contributed by atoms with van der Waals surface area (Å²) in [7, 11) is 0. The lowest BCUT2D eigenvalue weighted by Crippen LogP contribution is -2.37. The minimum absolute atomic E-state index is 0.00670. The van der Waals surface area contributed by atoms with Crippen LogP contribution in [-0.4, -0.2) is 27.6 Å². The van der Waals surface area contributed by atoms with Crippen LogP contribution in [0.2, 0.25) is 0 Å². The van der Waals surface area contributed by atoms with Gasteiger partial charge in [0.05, 0.1) is 6.54 Å². The van der Waals surface area contributed by atoms with Gasteiger partial charge < -0.3 is 10.2 Å². The number of hydrogen-bond acceptors (Lipinski definition) is 4. The molecule has 7 nitrogen and oxygen atoms in total. The highest BCUT2D eigenvalue weighted by Gasteiger charge is 2.32. The van der Waals surface area contributed by atoms with E-state index >= 15 is 0 Å². The molecule has 1 atom stereocenters. The van der Waals surface area contributed by atoms with E-state index in [1.165, 1.54) is 30.3 Å². The third kappa shape index (κ3) is 4.37. The number of aryl methyl sites for hydroxylation is 1. The van der Waals surface area contributed by atoms with Crippen molar-refractivity contribution in [2.75, 3.05) is 10.2 Å². The maximum atomic E-state index is 13.2. The van der Waals surface area contributed by atoms with Gasteiger partial charge in [-0.3, -0.25) is 14.4 Å². The highest BCUT2D eigenvalue weighted by atomic mass is 19.1. The average Bonchev–Trinajstić information content (AvgIpc) is 3.08. The van der Waals surface area contributed by atoms with Crippen molar-refractivity contribution in [2.45, 2.75) is 32.4 Å². The number of carbonyl (C=O) groups is 2. The van der Waals surface area contributed by atoms with E-state index in [0.29, 0.717) is 5.69 Å².